The summed E-state index contributed by atoms with van der Waals surface area (Å²) < 4.78 is 4.54. The van der Waals surface area contributed by atoms with Crippen LogP contribution in [0.3, 0.4) is 0 Å². The number of carbonyl (C=O) groups excluding carboxylic acids is 1. The van der Waals surface area contributed by atoms with E-state index in [1.54, 1.807) is 24.3 Å². The van der Waals surface area contributed by atoms with E-state index in [-0.39, 0.29) is 5.97 Å². The van der Waals surface area contributed by atoms with Crippen molar-refractivity contribution in [1.29, 1.82) is 5.26 Å². The SMILES string of the molecule is C=C(C#N)c1ccc(C(=O)OC)cc1. The maximum Gasteiger partial charge on any atom is 0.337 e. The Morgan fingerprint density at radius 2 is 1.86 bits per heavy atom. The number of benzene rings is 1. The zero-order valence-electron chi connectivity index (χ0n) is 7.78. The molecule has 0 radical (unpaired) electrons. The Labute approximate surface area is 82.2 Å². The molecular weight excluding hydrogens is 178 g/mol. The van der Waals surface area contributed by atoms with Gasteiger partial charge >= 0.3 is 5.97 Å². The Morgan fingerprint density at radius 1 is 1.36 bits per heavy atom. The van der Waals surface area contributed by atoms with Crippen LogP contribution < -0.4 is 0 Å². The quantitative estimate of drug-likeness (QED) is 0.525. The third kappa shape index (κ3) is 1.99. The lowest BCUT2D eigenvalue weighted by molar-refractivity contribution is 0.0601. The van der Waals surface area contributed by atoms with Crippen molar-refractivity contribution in [1.82, 2.24) is 0 Å². The second kappa shape index (κ2) is 4.24. The molecule has 0 N–H and O–H groups in total. The van der Waals surface area contributed by atoms with Gasteiger partial charge in [0.15, 0.2) is 0 Å². The summed E-state index contributed by atoms with van der Waals surface area (Å²) in [5, 5.41) is 8.57. The lowest BCUT2D eigenvalue weighted by Crippen LogP contribution is -2.00. The van der Waals surface area contributed by atoms with E-state index in [1.165, 1.54) is 7.11 Å². The van der Waals surface area contributed by atoms with Gasteiger partial charge in [-0.3, -0.25) is 0 Å². The van der Waals surface area contributed by atoms with Crippen LogP contribution in [-0.2, 0) is 4.74 Å². The molecule has 0 atom stereocenters. The largest absolute Gasteiger partial charge is 0.465 e. The number of hydrogen-bond acceptors (Lipinski definition) is 3. The summed E-state index contributed by atoms with van der Waals surface area (Å²) in [5.74, 6) is -0.390. The zero-order chi connectivity index (χ0) is 10.6. The Morgan fingerprint density at radius 3 is 2.29 bits per heavy atom. The van der Waals surface area contributed by atoms with Crippen molar-refractivity contribution in [2.24, 2.45) is 0 Å². The van der Waals surface area contributed by atoms with E-state index in [2.05, 4.69) is 11.3 Å². The molecule has 1 aromatic carbocycles. The molecule has 70 valence electrons. The molecule has 0 aliphatic heterocycles. The van der Waals surface area contributed by atoms with E-state index >= 15 is 0 Å². The molecule has 0 bridgehead atoms. The Hall–Kier alpha value is -2.08. The molecular formula is C11H9NO2. The van der Waals surface area contributed by atoms with Crippen LogP contribution >= 0.6 is 0 Å². The number of carbonyl (C=O) groups is 1. The molecule has 1 aromatic rings. The predicted molar refractivity (Wildman–Crippen MR) is 52.4 cm³/mol. The fourth-order valence-corrected chi connectivity index (χ4v) is 0.990. The Kier molecular flexibility index (Phi) is 3.03. The van der Waals surface area contributed by atoms with E-state index in [0.29, 0.717) is 16.7 Å². The molecule has 0 aromatic heterocycles. The van der Waals surface area contributed by atoms with Gasteiger partial charge in [0.25, 0.3) is 0 Å². The second-order valence-electron chi connectivity index (χ2n) is 2.66. The molecule has 14 heavy (non-hydrogen) atoms. The Bertz CT molecular complexity index is 398. The van der Waals surface area contributed by atoms with Gasteiger partial charge in [0.05, 0.1) is 24.3 Å². The third-order valence-electron chi connectivity index (χ3n) is 1.79. The first kappa shape index (κ1) is 10.0. The van der Waals surface area contributed by atoms with Gasteiger partial charge in [0.2, 0.25) is 0 Å². The highest BCUT2D eigenvalue weighted by molar-refractivity contribution is 5.90. The van der Waals surface area contributed by atoms with Crippen LogP contribution in [0.4, 0.5) is 0 Å². The topological polar surface area (TPSA) is 50.1 Å². The highest BCUT2D eigenvalue weighted by Gasteiger charge is 2.04. The number of nitrogens with zero attached hydrogens (tertiary/aromatic N) is 1. The van der Waals surface area contributed by atoms with Crippen LogP contribution in [-0.4, -0.2) is 13.1 Å². The molecule has 3 nitrogen and oxygen atoms in total. The summed E-state index contributed by atoms with van der Waals surface area (Å²) >= 11 is 0. The average Bonchev–Trinajstić information content (AvgIpc) is 2.27. The molecule has 3 heteroatoms. The number of allylic oxidation sites excluding steroid dienone is 1. The number of rotatable bonds is 2. The highest BCUT2D eigenvalue weighted by Crippen LogP contribution is 2.12. The molecule has 0 unspecified atom stereocenters. The maximum atomic E-state index is 11.1. The summed E-state index contributed by atoms with van der Waals surface area (Å²) in [6.45, 7) is 3.56. The van der Waals surface area contributed by atoms with Gasteiger partial charge < -0.3 is 4.74 Å². The minimum absolute atomic E-state index is 0.376. The summed E-state index contributed by atoms with van der Waals surface area (Å²) in [7, 11) is 1.32. The van der Waals surface area contributed by atoms with Crippen LogP contribution in [0, 0.1) is 11.3 Å². The first-order chi connectivity index (χ1) is 6.69. The van der Waals surface area contributed by atoms with Crippen LogP contribution in [0.25, 0.3) is 5.57 Å². The molecule has 0 fully saturated rings. The van der Waals surface area contributed by atoms with Crippen molar-refractivity contribution in [3.8, 4) is 6.07 Å². The second-order valence-corrected chi connectivity index (χ2v) is 2.66. The van der Waals surface area contributed by atoms with Crippen molar-refractivity contribution in [3.05, 3.63) is 42.0 Å². The van der Waals surface area contributed by atoms with Gasteiger partial charge in [-0.2, -0.15) is 5.26 Å². The van der Waals surface area contributed by atoms with Crippen LogP contribution in [0.5, 0.6) is 0 Å². The zero-order valence-corrected chi connectivity index (χ0v) is 7.78. The van der Waals surface area contributed by atoms with E-state index in [9.17, 15) is 4.79 Å². The van der Waals surface area contributed by atoms with E-state index in [1.807, 2.05) is 6.07 Å². The van der Waals surface area contributed by atoms with Crippen LogP contribution in [0.1, 0.15) is 15.9 Å². The van der Waals surface area contributed by atoms with E-state index < -0.39 is 0 Å². The molecule has 0 amide bonds. The van der Waals surface area contributed by atoms with Gasteiger partial charge in [0, 0.05) is 0 Å². The third-order valence-corrected chi connectivity index (χ3v) is 1.79. The normalized spacial score (nSPS) is 8.86. The molecule has 0 saturated carbocycles. The monoisotopic (exact) mass is 187 g/mol. The standard InChI is InChI=1S/C11H9NO2/c1-8(7-12)9-3-5-10(6-4-9)11(13)14-2/h3-6H,1H2,2H3. The Balaban J connectivity index is 2.96. The minimum atomic E-state index is -0.390. The smallest absolute Gasteiger partial charge is 0.337 e. The van der Waals surface area contributed by atoms with Crippen molar-refractivity contribution in [3.63, 3.8) is 0 Å². The molecule has 0 aliphatic carbocycles. The van der Waals surface area contributed by atoms with Crippen molar-refractivity contribution in [2.75, 3.05) is 7.11 Å². The lowest BCUT2D eigenvalue weighted by Gasteiger charge is -2.00. The molecule has 0 heterocycles. The van der Waals surface area contributed by atoms with Crippen molar-refractivity contribution < 1.29 is 9.53 Å². The van der Waals surface area contributed by atoms with Crippen molar-refractivity contribution in [2.45, 2.75) is 0 Å². The van der Waals surface area contributed by atoms with Crippen LogP contribution in [0.15, 0.2) is 30.8 Å². The fourth-order valence-electron chi connectivity index (χ4n) is 0.990. The average molecular weight is 187 g/mol. The number of esters is 1. The molecule has 0 spiro atoms. The maximum absolute atomic E-state index is 11.1. The minimum Gasteiger partial charge on any atom is -0.465 e. The summed E-state index contributed by atoms with van der Waals surface area (Å²) in [6, 6.07) is 8.46. The van der Waals surface area contributed by atoms with Crippen LogP contribution in [0.2, 0.25) is 0 Å². The highest BCUT2D eigenvalue weighted by atomic mass is 16.5. The number of hydrogen-bond donors (Lipinski definition) is 0. The first-order valence-electron chi connectivity index (χ1n) is 3.97. The van der Waals surface area contributed by atoms with E-state index in [0.717, 1.165) is 0 Å². The van der Waals surface area contributed by atoms with E-state index in [4.69, 9.17) is 5.26 Å². The summed E-state index contributed by atoms with van der Waals surface area (Å²) in [6.07, 6.45) is 0. The fraction of sp³-hybridized carbons (Fsp3) is 0.0909. The van der Waals surface area contributed by atoms with Gasteiger partial charge in [-0.25, -0.2) is 4.79 Å². The summed E-state index contributed by atoms with van der Waals surface area (Å²) in [4.78, 5) is 11.1. The predicted octanol–water partition coefficient (Wildman–Crippen LogP) is 2.01. The molecule has 0 aliphatic rings. The van der Waals surface area contributed by atoms with Gasteiger partial charge in [0.1, 0.15) is 0 Å². The number of methoxy groups -OCH3 is 1. The van der Waals surface area contributed by atoms with Gasteiger partial charge in [-0.1, -0.05) is 18.7 Å². The molecule has 1 rings (SSSR count). The number of nitriles is 1. The summed E-state index contributed by atoms with van der Waals surface area (Å²) in [5.41, 5.74) is 1.54. The number of ether oxygens (including phenoxy) is 1. The van der Waals surface area contributed by atoms with Gasteiger partial charge in [-0.05, 0) is 17.7 Å². The first-order valence-corrected chi connectivity index (χ1v) is 3.97. The van der Waals surface area contributed by atoms with Gasteiger partial charge in [-0.15, -0.1) is 0 Å². The van der Waals surface area contributed by atoms with Crippen molar-refractivity contribution >= 4 is 11.5 Å². The lowest BCUT2D eigenvalue weighted by atomic mass is 10.1. The molecule has 0 saturated heterocycles.